The molecule has 3 saturated carbocycles. The second kappa shape index (κ2) is 1.32. The Balaban J connectivity index is 1.90. The Bertz CT molecular complexity index is 118. The van der Waals surface area contributed by atoms with Gasteiger partial charge in [0.25, 0.3) is 0 Å². The Morgan fingerprint density at radius 2 is 2.00 bits per heavy atom. The third-order valence-electron chi connectivity index (χ3n) is 2.63. The summed E-state index contributed by atoms with van der Waals surface area (Å²) in [6.07, 6.45) is 3.61. The molecule has 0 aromatic carbocycles. The van der Waals surface area contributed by atoms with Gasteiger partial charge in [0.15, 0.2) is 0 Å². The van der Waals surface area contributed by atoms with Gasteiger partial charge >= 0.3 is 0 Å². The van der Waals surface area contributed by atoms with E-state index in [2.05, 4.69) is 0 Å². The number of ether oxygens (including phenoxy) is 1. The smallest absolute Gasteiger partial charge is 0.0520 e. The molecule has 0 heterocycles. The van der Waals surface area contributed by atoms with E-state index in [1.807, 2.05) is 0 Å². The normalized spacial score (nSPS) is 54.0. The highest BCUT2D eigenvalue weighted by molar-refractivity contribution is 5.21. The summed E-state index contributed by atoms with van der Waals surface area (Å²) in [5, 5.41) is 0. The van der Waals surface area contributed by atoms with Crippen LogP contribution in [-0.2, 0) is 4.74 Å². The largest absolute Gasteiger partial charge is 0.384 e. The standard InChI is InChI=1S/C7H13NO/c1-9-5-6-2-7(8,3-6)4-6/h2-5,8H2,1H3. The number of hydrogen-bond donors (Lipinski definition) is 1. The lowest BCUT2D eigenvalue weighted by molar-refractivity contribution is -0.165. The van der Waals surface area contributed by atoms with Gasteiger partial charge in [0.2, 0.25) is 0 Å². The first kappa shape index (κ1) is 5.69. The quantitative estimate of drug-likeness (QED) is 0.586. The highest BCUT2D eigenvalue weighted by Crippen LogP contribution is 2.65. The summed E-state index contributed by atoms with van der Waals surface area (Å²) in [6.45, 7) is 0.923. The van der Waals surface area contributed by atoms with E-state index in [0.29, 0.717) is 5.41 Å². The van der Waals surface area contributed by atoms with Crippen LogP contribution >= 0.6 is 0 Å². The van der Waals surface area contributed by atoms with Crippen LogP contribution in [0.3, 0.4) is 0 Å². The van der Waals surface area contributed by atoms with E-state index in [1.165, 1.54) is 19.3 Å². The van der Waals surface area contributed by atoms with Gasteiger partial charge in [-0.15, -0.1) is 0 Å². The van der Waals surface area contributed by atoms with Gasteiger partial charge in [0.05, 0.1) is 6.61 Å². The Kier molecular flexibility index (Phi) is 0.837. The highest BCUT2D eigenvalue weighted by Gasteiger charge is 2.65. The number of hydrogen-bond acceptors (Lipinski definition) is 2. The topological polar surface area (TPSA) is 35.2 Å². The summed E-state index contributed by atoms with van der Waals surface area (Å²) < 4.78 is 5.08. The lowest BCUT2D eigenvalue weighted by Crippen LogP contribution is -2.73. The van der Waals surface area contributed by atoms with Gasteiger partial charge in [-0.2, -0.15) is 0 Å². The monoisotopic (exact) mass is 127 g/mol. The van der Waals surface area contributed by atoms with Crippen LogP contribution in [0.4, 0.5) is 0 Å². The molecule has 0 radical (unpaired) electrons. The molecule has 3 fully saturated rings. The van der Waals surface area contributed by atoms with Crippen molar-refractivity contribution in [2.45, 2.75) is 24.8 Å². The van der Waals surface area contributed by atoms with E-state index in [9.17, 15) is 0 Å². The molecule has 0 spiro atoms. The number of methoxy groups -OCH3 is 1. The van der Waals surface area contributed by atoms with Crippen molar-refractivity contribution in [3.8, 4) is 0 Å². The molecule has 0 amide bonds. The van der Waals surface area contributed by atoms with Crippen LogP contribution < -0.4 is 5.73 Å². The molecule has 2 heteroatoms. The van der Waals surface area contributed by atoms with E-state index < -0.39 is 0 Å². The second-order valence-electron chi connectivity index (χ2n) is 3.83. The maximum Gasteiger partial charge on any atom is 0.0520 e. The molecule has 0 aromatic heterocycles. The lowest BCUT2D eigenvalue weighted by Gasteiger charge is -2.68. The first-order chi connectivity index (χ1) is 4.18. The van der Waals surface area contributed by atoms with Gasteiger partial charge in [-0.3, -0.25) is 0 Å². The fraction of sp³-hybridized carbons (Fsp3) is 1.00. The van der Waals surface area contributed by atoms with Crippen LogP contribution in [0.2, 0.25) is 0 Å². The molecule has 52 valence electrons. The van der Waals surface area contributed by atoms with Gasteiger partial charge in [0, 0.05) is 12.6 Å². The van der Waals surface area contributed by atoms with Crippen molar-refractivity contribution < 1.29 is 4.74 Å². The molecule has 0 atom stereocenters. The zero-order chi connectivity index (χ0) is 6.54. The minimum atomic E-state index is 0.249. The maximum atomic E-state index is 5.85. The summed E-state index contributed by atoms with van der Waals surface area (Å²) in [4.78, 5) is 0. The molecule has 9 heavy (non-hydrogen) atoms. The van der Waals surface area contributed by atoms with Crippen LogP contribution in [-0.4, -0.2) is 19.3 Å². The second-order valence-corrected chi connectivity index (χ2v) is 3.83. The van der Waals surface area contributed by atoms with Crippen molar-refractivity contribution in [1.82, 2.24) is 0 Å². The van der Waals surface area contributed by atoms with Crippen molar-refractivity contribution >= 4 is 0 Å². The fourth-order valence-corrected chi connectivity index (χ4v) is 2.54. The Morgan fingerprint density at radius 3 is 2.33 bits per heavy atom. The van der Waals surface area contributed by atoms with E-state index in [1.54, 1.807) is 7.11 Å². The molecule has 0 saturated heterocycles. The molecule has 0 aliphatic heterocycles. The molecule has 3 aliphatic carbocycles. The van der Waals surface area contributed by atoms with Crippen molar-refractivity contribution in [3.05, 3.63) is 0 Å². The molecule has 3 aliphatic rings. The summed E-state index contributed by atoms with van der Waals surface area (Å²) in [5.41, 5.74) is 6.63. The third kappa shape index (κ3) is 0.578. The van der Waals surface area contributed by atoms with Crippen LogP contribution in [0.25, 0.3) is 0 Å². The first-order valence-electron chi connectivity index (χ1n) is 3.46. The van der Waals surface area contributed by atoms with Crippen LogP contribution in [0.5, 0.6) is 0 Å². The summed E-state index contributed by atoms with van der Waals surface area (Å²) in [6, 6.07) is 0. The van der Waals surface area contributed by atoms with Gasteiger partial charge in [-0.25, -0.2) is 0 Å². The van der Waals surface area contributed by atoms with Gasteiger partial charge < -0.3 is 10.5 Å². The summed E-state index contributed by atoms with van der Waals surface area (Å²) in [7, 11) is 1.77. The SMILES string of the molecule is COCC12CC(N)(C1)C2. The van der Waals surface area contributed by atoms with Gasteiger partial charge in [-0.05, 0) is 24.7 Å². The maximum absolute atomic E-state index is 5.85. The minimum absolute atomic E-state index is 0.249. The Labute approximate surface area is 55.4 Å². The molecule has 2 nitrogen and oxygen atoms in total. The van der Waals surface area contributed by atoms with Gasteiger partial charge in [0.1, 0.15) is 0 Å². The van der Waals surface area contributed by atoms with E-state index in [0.717, 1.165) is 6.61 Å². The van der Waals surface area contributed by atoms with Crippen LogP contribution in [0.1, 0.15) is 19.3 Å². The van der Waals surface area contributed by atoms with E-state index in [-0.39, 0.29) is 5.54 Å². The first-order valence-corrected chi connectivity index (χ1v) is 3.46. The molecule has 2 bridgehead atoms. The van der Waals surface area contributed by atoms with Crippen molar-refractivity contribution in [2.24, 2.45) is 11.1 Å². The third-order valence-corrected chi connectivity index (χ3v) is 2.63. The summed E-state index contributed by atoms with van der Waals surface area (Å²) in [5.74, 6) is 0. The average molecular weight is 127 g/mol. The number of nitrogens with two attached hydrogens (primary N) is 1. The predicted octanol–water partition coefficient (Wildman–Crippen LogP) is 0.514. The van der Waals surface area contributed by atoms with Gasteiger partial charge in [-0.1, -0.05) is 0 Å². The van der Waals surface area contributed by atoms with E-state index in [4.69, 9.17) is 10.5 Å². The van der Waals surface area contributed by atoms with Crippen molar-refractivity contribution in [2.75, 3.05) is 13.7 Å². The van der Waals surface area contributed by atoms with Crippen LogP contribution in [0.15, 0.2) is 0 Å². The highest BCUT2D eigenvalue weighted by atomic mass is 16.5. The fourth-order valence-electron chi connectivity index (χ4n) is 2.54. The Hall–Kier alpha value is -0.0800. The predicted molar refractivity (Wildman–Crippen MR) is 35.1 cm³/mol. The zero-order valence-electron chi connectivity index (χ0n) is 5.81. The molecule has 0 unspecified atom stereocenters. The molecular weight excluding hydrogens is 114 g/mol. The zero-order valence-corrected chi connectivity index (χ0v) is 5.81. The van der Waals surface area contributed by atoms with Crippen molar-refractivity contribution in [1.29, 1.82) is 0 Å². The molecule has 0 aromatic rings. The Morgan fingerprint density at radius 1 is 1.44 bits per heavy atom. The van der Waals surface area contributed by atoms with Crippen molar-refractivity contribution in [3.63, 3.8) is 0 Å². The minimum Gasteiger partial charge on any atom is -0.384 e. The van der Waals surface area contributed by atoms with Crippen LogP contribution in [0, 0.1) is 5.41 Å². The van der Waals surface area contributed by atoms with E-state index >= 15 is 0 Å². The molecule has 3 rings (SSSR count). The lowest BCUT2D eigenvalue weighted by atomic mass is 9.40. The average Bonchev–Trinajstić information content (AvgIpc) is 1.60. The molecular formula is C7H13NO. The molecule has 2 N–H and O–H groups in total. The summed E-state index contributed by atoms with van der Waals surface area (Å²) >= 11 is 0. The number of rotatable bonds is 2.